The van der Waals surface area contributed by atoms with Crippen molar-refractivity contribution in [2.75, 3.05) is 10.6 Å². The van der Waals surface area contributed by atoms with E-state index in [0.717, 1.165) is 5.56 Å². The van der Waals surface area contributed by atoms with E-state index in [2.05, 4.69) is 10.6 Å². The summed E-state index contributed by atoms with van der Waals surface area (Å²) in [6.45, 7) is 0. The average molecular weight is 348 g/mol. The summed E-state index contributed by atoms with van der Waals surface area (Å²) in [6, 6.07) is 21.9. The summed E-state index contributed by atoms with van der Waals surface area (Å²) in [5.41, 5.74) is 2.04. The molecular formula is C21H17FN2O2. The third-order valence-corrected chi connectivity index (χ3v) is 3.75. The maximum atomic E-state index is 13.6. The predicted molar refractivity (Wildman–Crippen MR) is 99.6 cm³/mol. The Kier molecular flexibility index (Phi) is 5.39. The van der Waals surface area contributed by atoms with Crippen molar-refractivity contribution in [3.8, 4) is 0 Å². The van der Waals surface area contributed by atoms with E-state index in [1.54, 1.807) is 30.3 Å². The van der Waals surface area contributed by atoms with Crippen LogP contribution in [-0.4, -0.2) is 11.8 Å². The summed E-state index contributed by atoms with van der Waals surface area (Å²) in [5, 5.41) is 5.43. The molecule has 0 aliphatic heterocycles. The van der Waals surface area contributed by atoms with Crippen LogP contribution in [0.15, 0.2) is 78.9 Å². The molecule has 3 aromatic carbocycles. The van der Waals surface area contributed by atoms with Crippen molar-refractivity contribution in [2.24, 2.45) is 0 Å². The summed E-state index contributed by atoms with van der Waals surface area (Å²) < 4.78 is 13.6. The molecule has 0 atom stereocenters. The van der Waals surface area contributed by atoms with Crippen LogP contribution < -0.4 is 10.6 Å². The van der Waals surface area contributed by atoms with Gasteiger partial charge in [-0.3, -0.25) is 9.59 Å². The maximum absolute atomic E-state index is 13.6. The van der Waals surface area contributed by atoms with E-state index in [-0.39, 0.29) is 17.9 Å². The zero-order valence-corrected chi connectivity index (χ0v) is 13.9. The molecule has 0 saturated heterocycles. The fourth-order valence-corrected chi connectivity index (χ4v) is 2.47. The Bertz CT molecular complexity index is 909. The van der Waals surface area contributed by atoms with Crippen LogP contribution in [0.3, 0.4) is 0 Å². The Balaban J connectivity index is 1.59. The number of hydrogen-bond acceptors (Lipinski definition) is 2. The number of halogens is 1. The smallest absolute Gasteiger partial charge is 0.258 e. The Morgan fingerprint density at radius 2 is 1.31 bits per heavy atom. The molecule has 0 aromatic heterocycles. The van der Waals surface area contributed by atoms with Gasteiger partial charge in [0.15, 0.2) is 0 Å². The number of hydrogen-bond donors (Lipinski definition) is 2. The van der Waals surface area contributed by atoms with E-state index >= 15 is 0 Å². The quantitative estimate of drug-likeness (QED) is 0.724. The molecule has 2 amide bonds. The molecule has 0 aliphatic carbocycles. The number of carbonyl (C=O) groups excluding carboxylic acids is 2. The third kappa shape index (κ3) is 4.54. The minimum Gasteiger partial charge on any atom is -0.326 e. The zero-order chi connectivity index (χ0) is 18.4. The second-order valence-corrected chi connectivity index (χ2v) is 5.72. The molecule has 3 aromatic rings. The number of benzene rings is 3. The number of rotatable bonds is 5. The van der Waals surface area contributed by atoms with E-state index in [9.17, 15) is 14.0 Å². The Labute approximate surface area is 150 Å². The molecule has 26 heavy (non-hydrogen) atoms. The maximum Gasteiger partial charge on any atom is 0.258 e. The fourth-order valence-electron chi connectivity index (χ4n) is 2.47. The highest BCUT2D eigenvalue weighted by molar-refractivity contribution is 6.04. The summed E-state index contributed by atoms with van der Waals surface area (Å²) in [7, 11) is 0. The van der Waals surface area contributed by atoms with Gasteiger partial charge >= 0.3 is 0 Å². The van der Waals surface area contributed by atoms with E-state index in [4.69, 9.17) is 0 Å². The van der Waals surface area contributed by atoms with Gasteiger partial charge < -0.3 is 10.6 Å². The summed E-state index contributed by atoms with van der Waals surface area (Å²) in [5.74, 6) is -1.22. The molecule has 130 valence electrons. The minimum atomic E-state index is -0.574. The number of carbonyl (C=O) groups is 2. The van der Waals surface area contributed by atoms with Gasteiger partial charge in [0, 0.05) is 11.4 Å². The van der Waals surface area contributed by atoms with Gasteiger partial charge in [-0.1, -0.05) is 42.5 Å². The highest BCUT2D eigenvalue weighted by atomic mass is 19.1. The van der Waals surface area contributed by atoms with Crippen LogP contribution in [0, 0.1) is 5.82 Å². The first-order valence-corrected chi connectivity index (χ1v) is 8.11. The van der Waals surface area contributed by atoms with Gasteiger partial charge in [-0.15, -0.1) is 0 Å². The first kappa shape index (κ1) is 17.4. The fraction of sp³-hybridized carbons (Fsp3) is 0.0476. The molecule has 2 N–H and O–H groups in total. The first-order chi connectivity index (χ1) is 12.6. The standard InChI is InChI=1S/C21H17FN2O2/c22-19-9-5-4-8-18(19)21(26)24-17-12-10-16(11-13-17)23-20(25)14-15-6-2-1-3-7-15/h1-13H,14H2,(H,23,25)(H,24,26). The number of amides is 2. The van der Waals surface area contributed by atoms with Crippen LogP contribution in [-0.2, 0) is 11.2 Å². The van der Waals surface area contributed by atoms with Crippen molar-refractivity contribution in [2.45, 2.75) is 6.42 Å². The molecule has 0 bridgehead atoms. The van der Waals surface area contributed by atoms with E-state index in [1.807, 2.05) is 30.3 Å². The largest absolute Gasteiger partial charge is 0.326 e. The molecule has 0 spiro atoms. The molecule has 3 rings (SSSR count). The van der Waals surface area contributed by atoms with Crippen LogP contribution in [0.5, 0.6) is 0 Å². The van der Waals surface area contributed by atoms with Crippen molar-refractivity contribution in [3.63, 3.8) is 0 Å². The Morgan fingerprint density at radius 3 is 1.96 bits per heavy atom. The third-order valence-electron chi connectivity index (χ3n) is 3.75. The van der Waals surface area contributed by atoms with Crippen LogP contribution >= 0.6 is 0 Å². The van der Waals surface area contributed by atoms with Crippen LogP contribution in [0.4, 0.5) is 15.8 Å². The average Bonchev–Trinajstić information content (AvgIpc) is 2.64. The lowest BCUT2D eigenvalue weighted by Crippen LogP contribution is -2.15. The second kappa shape index (κ2) is 8.07. The monoisotopic (exact) mass is 348 g/mol. The van der Waals surface area contributed by atoms with Crippen molar-refractivity contribution >= 4 is 23.2 Å². The lowest BCUT2D eigenvalue weighted by molar-refractivity contribution is -0.115. The van der Waals surface area contributed by atoms with Crippen molar-refractivity contribution in [1.82, 2.24) is 0 Å². The molecule has 0 aliphatic rings. The zero-order valence-electron chi connectivity index (χ0n) is 13.9. The lowest BCUT2D eigenvalue weighted by Gasteiger charge is -2.08. The highest BCUT2D eigenvalue weighted by Gasteiger charge is 2.11. The van der Waals surface area contributed by atoms with Crippen molar-refractivity contribution < 1.29 is 14.0 Å². The van der Waals surface area contributed by atoms with E-state index < -0.39 is 11.7 Å². The molecule has 0 heterocycles. The van der Waals surface area contributed by atoms with E-state index in [1.165, 1.54) is 18.2 Å². The topological polar surface area (TPSA) is 58.2 Å². The molecule has 0 saturated carbocycles. The second-order valence-electron chi connectivity index (χ2n) is 5.72. The molecule has 4 nitrogen and oxygen atoms in total. The Hall–Kier alpha value is -3.47. The van der Waals surface area contributed by atoms with Gasteiger partial charge in [0.05, 0.1) is 12.0 Å². The molecule has 0 unspecified atom stereocenters. The van der Waals surface area contributed by atoms with Gasteiger partial charge in [0.1, 0.15) is 5.82 Å². The van der Waals surface area contributed by atoms with E-state index in [0.29, 0.717) is 11.4 Å². The van der Waals surface area contributed by atoms with Crippen LogP contribution in [0.2, 0.25) is 0 Å². The normalized spacial score (nSPS) is 10.2. The Morgan fingerprint density at radius 1 is 0.731 bits per heavy atom. The van der Waals surface area contributed by atoms with Crippen molar-refractivity contribution in [1.29, 1.82) is 0 Å². The minimum absolute atomic E-state index is 0.0206. The van der Waals surface area contributed by atoms with Gasteiger partial charge in [-0.2, -0.15) is 0 Å². The number of nitrogens with one attached hydrogen (secondary N) is 2. The van der Waals surface area contributed by atoms with Gasteiger partial charge in [-0.25, -0.2) is 4.39 Å². The lowest BCUT2D eigenvalue weighted by atomic mass is 10.1. The van der Waals surface area contributed by atoms with Gasteiger partial charge in [0.2, 0.25) is 5.91 Å². The summed E-state index contributed by atoms with van der Waals surface area (Å²) in [6.07, 6.45) is 0.284. The molecule has 5 heteroatoms. The van der Waals surface area contributed by atoms with Crippen LogP contribution in [0.25, 0.3) is 0 Å². The predicted octanol–water partition coefficient (Wildman–Crippen LogP) is 4.26. The first-order valence-electron chi connectivity index (χ1n) is 8.11. The SMILES string of the molecule is O=C(Cc1ccccc1)Nc1ccc(NC(=O)c2ccccc2F)cc1. The molecule has 0 radical (unpaired) electrons. The molecular weight excluding hydrogens is 331 g/mol. The van der Waals surface area contributed by atoms with Gasteiger partial charge in [-0.05, 0) is 42.0 Å². The number of anilines is 2. The van der Waals surface area contributed by atoms with Crippen LogP contribution in [0.1, 0.15) is 15.9 Å². The van der Waals surface area contributed by atoms with Crippen molar-refractivity contribution in [3.05, 3.63) is 95.8 Å². The summed E-state index contributed by atoms with van der Waals surface area (Å²) >= 11 is 0. The van der Waals surface area contributed by atoms with Gasteiger partial charge in [0.25, 0.3) is 5.91 Å². The highest BCUT2D eigenvalue weighted by Crippen LogP contribution is 2.16. The summed E-state index contributed by atoms with van der Waals surface area (Å²) in [4.78, 5) is 24.1. The molecule has 0 fully saturated rings.